The van der Waals surface area contributed by atoms with Crippen LogP contribution in [0.5, 0.6) is 0 Å². The SMILES string of the molecule is CC(C)(C)N1CCOC1C(C)(C)C(C)(C)C. The Balaban J connectivity index is 2.96. The van der Waals surface area contributed by atoms with E-state index in [4.69, 9.17) is 4.74 Å². The largest absolute Gasteiger partial charge is 0.361 e. The summed E-state index contributed by atoms with van der Waals surface area (Å²) in [5.74, 6) is 0. The standard InChI is InChI=1S/C14H29NO/c1-12(2,3)14(7,8)11-15(9-10-16-11)13(4,5)6/h11H,9-10H2,1-8H3. The molecule has 1 atom stereocenters. The second-order valence-electron chi connectivity index (χ2n) is 7.56. The Morgan fingerprint density at radius 1 is 0.938 bits per heavy atom. The molecule has 0 N–H and O–H groups in total. The van der Waals surface area contributed by atoms with Gasteiger partial charge in [-0.15, -0.1) is 0 Å². The molecule has 0 radical (unpaired) electrons. The average molecular weight is 227 g/mol. The summed E-state index contributed by atoms with van der Waals surface area (Å²) in [6.07, 6.45) is 0.229. The van der Waals surface area contributed by atoms with Crippen LogP contribution in [0.1, 0.15) is 55.4 Å². The van der Waals surface area contributed by atoms with Crippen molar-refractivity contribution in [2.45, 2.75) is 67.2 Å². The van der Waals surface area contributed by atoms with Gasteiger partial charge in [0.15, 0.2) is 0 Å². The molecule has 2 nitrogen and oxygen atoms in total. The molecule has 16 heavy (non-hydrogen) atoms. The minimum atomic E-state index is 0.150. The lowest BCUT2D eigenvalue weighted by Gasteiger charge is -2.49. The molecular weight excluding hydrogens is 198 g/mol. The summed E-state index contributed by atoms with van der Waals surface area (Å²) in [6, 6.07) is 0. The fourth-order valence-electron chi connectivity index (χ4n) is 2.13. The first-order chi connectivity index (χ1) is 6.98. The second kappa shape index (κ2) is 3.99. The van der Waals surface area contributed by atoms with E-state index >= 15 is 0 Å². The fourth-order valence-corrected chi connectivity index (χ4v) is 2.13. The van der Waals surface area contributed by atoms with Gasteiger partial charge in [0.2, 0.25) is 0 Å². The Bertz CT molecular complexity index is 244. The van der Waals surface area contributed by atoms with E-state index in [1.165, 1.54) is 0 Å². The smallest absolute Gasteiger partial charge is 0.116 e. The van der Waals surface area contributed by atoms with Crippen LogP contribution in [0.3, 0.4) is 0 Å². The van der Waals surface area contributed by atoms with Crippen molar-refractivity contribution >= 4 is 0 Å². The second-order valence-corrected chi connectivity index (χ2v) is 7.56. The van der Waals surface area contributed by atoms with E-state index in [0.29, 0.717) is 0 Å². The fraction of sp³-hybridized carbons (Fsp3) is 1.00. The Kier molecular flexibility index (Phi) is 3.49. The monoisotopic (exact) mass is 227 g/mol. The van der Waals surface area contributed by atoms with Crippen molar-refractivity contribution in [3.8, 4) is 0 Å². The van der Waals surface area contributed by atoms with E-state index < -0.39 is 0 Å². The van der Waals surface area contributed by atoms with E-state index in [0.717, 1.165) is 13.2 Å². The Morgan fingerprint density at radius 3 is 1.81 bits per heavy atom. The first kappa shape index (κ1) is 14.0. The van der Waals surface area contributed by atoms with Crippen molar-refractivity contribution in [2.75, 3.05) is 13.2 Å². The number of ether oxygens (including phenoxy) is 1. The molecule has 1 heterocycles. The van der Waals surface area contributed by atoms with Crippen LogP contribution in [0, 0.1) is 10.8 Å². The van der Waals surface area contributed by atoms with Crippen molar-refractivity contribution in [1.82, 2.24) is 4.90 Å². The predicted molar refractivity (Wildman–Crippen MR) is 69.4 cm³/mol. The molecule has 0 aromatic rings. The van der Waals surface area contributed by atoms with Gasteiger partial charge in [-0.25, -0.2) is 0 Å². The summed E-state index contributed by atoms with van der Waals surface area (Å²) in [6.45, 7) is 20.3. The van der Waals surface area contributed by atoms with Gasteiger partial charge in [-0.2, -0.15) is 0 Å². The van der Waals surface area contributed by atoms with Gasteiger partial charge in [0, 0.05) is 17.5 Å². The zero-order valence-corrected chi connectivity index (χ0v) is 12.3. The van der Waals surface area contributed by atoms with Crippen molar-refractivity contribution in [1.29, 1.82) is 0 Å². The van der Waals surface area contributed by atoms with E-state index in [2.05, 4.69) is 60.3 Å². The molecule has 96 valence electrons. The van der Waals surface area contributed by atoms with Crippen LogP contribution in [0.4, 0.5) is 0 Å². The number of hydrogen-bond acceptors (Lipinski definition) is 2. The highest BCUT2D eigenvalue weighted by molar-refractivity contribution is 4.95. The zero-order valence-electron chi connectivity index (χ0n) is 12.3. The van der Waals surface area contributed by atoms with Crippen LogP contribution < -0.4 is 0 Å². The van der Waals surface area contributed by atoms with Crippen molar-refractivity contribution in [2.24, 2.45) is 10.8 Å². The third-order valence-corrected chi connectivity index (χ3v) is 4.30. The van der Waals surface area contributed by atoms with Crippen LogP contribution in [0.2, 0.25) is 0 Å². The maximum Gasteiger partial charge on any atom is 0.116 e. The van der Waals surface area contributed by atoms with E-state index in [1.54, 1.807) is 0 Å². The highest BCUT2D eigenvalue weighted by Crippen LogP contribution is 2.45. The first-order valence-electron chi connectivity index (χ1n) is 6.36. The molecule has 1 aliphatic heterocycles. The lowest BCUT2D eigenvalue weighted by Crippen LogP contribution is -2.54. The molecule has 0 aliphatic carbocycles. The van der Waals surface area contributed by atoms with E-state index in [-0.39, 0.29) is 22.6 Å². The van der Waals surface area contributed by atoms with Crippen molar-refractivity contribution in [3.63, 3.8) is 0 Å². The molecule has 2 heteroatoms. The molecule has 1 fully saturated rings. The van der Waals surface area contributed by atoms with Gasteiger partial charge in [-0.3, -0.25) is 4.90 Å². The Labute approximate surface area is 101 Å². The van der Waals surface area contributed by atoms with Crippen LogP contribution in [-0.4, -0.2) is 29.8 Å². The number of hydrogen-bond donors (Lipinski definition) is 0. The Morgan fingerprint density at radius 2 is 1.44 bits per heavy atom. The Hall–Kier alpha value is -0.0800. The van der Waals surface area contributed by atoms with Crippen LogP contribution in [0.25, 0.3) is 0 Å². The first-order valence-corrected chi connectivity index (χ1v) is 6.36. The van der Waals surface area contributed by atoms with Crippen LogP contribution in [-0.2, 0) is 4.74 Å². The van der Waals surface area contributed by atoms with Gasteiger partial charge in [0.1, 0.15) is 6.23 Å². The lowest BCUT2D eigenvalue weighted by atomic mass is 9.67. The molecule has 1 rings (SSSR count). The summed E-state index contributed by atoms with van der Waals surface area (Å²) in [4.78, 5) is 2.50. The average Bonchev–Trinajstić information content (AvgIpc) is 2.47. The van der Waals surface area contributed by atoms with Gasteiger partial charge in [0.25, 0.3) is 0 Å². The number of rotatable bonds is 1. The third-order valence-electron chi connectivity index (χ3n) is 4.30. The van der Waals surface area contributed by atoms with Gasteiger partial charge < -0.3 is 4.74 Å². The normalized spacial score (nSPS) is 25.1. The molecule has 1 aliphatic rings. The molecular formula is C14H29NO. The molecule has 1 saturated heterocycles. The van der Waals surface area contributed by atoms with E-state index in [9.17, 15) is 0 Å². The molecule has 0 aromatic heterocycles. The van der Waals surface area contributed by atoms with Crippen molar-refractivity contribution < 1.29 is 4.74 Å². The molecule has 0 amide bonds. The minimum Gasteiger partial charge on any atom is -0.361 e. The maximum atomic E-state index is 6.01. The highest BCUT2D eigenvalue weighted by Gasteiger charge is 2.48. The lowest BCUT2D eigenvalue weighted by molar-refractivity contribution is -0.125. The van der Waals surface area contributed by atoms with Crippen LogP contribution >= 0.6 is 0 Å². The molecule has 0 aromatic carbocycles. The minimum absolute atomic E-state index is 0.150. The van der Waals surface area contributed by atoms with Crippen molar-refractivity contribution in [3.05, 3.63) is 0 Å². The summed E-state index contributed by atoms with van der Waals surface area (Å²) in [5, 5.41) is 0. The van der Waals surface area contributed by atoms with E-state index in [1.807, 2.05) is 0 Å². The zero-order chi connectivity index (χ0) is 12.8. The predicted octanol–water partition coefficient (Wildman–Crippen LogP) is 3.52. The molecule has 0 spiro atoms. The third kappa shape index (κ3) is 2.43. The summed E-state index contributed by atoms with van der Waals surface area (Å²) in [5.41, 5.74) is 0.575. The quantitative estimate of drug-likeness (QED) is 0.679. The van der Waals surface area contributed by atoms with Gasteiger partial charge in [-0.05, 0) is 26.2 Å². The van der Waals surface area contributed by atoms with Gasteiger partial charge in [-0.1, -0.05) is 34.6 Å². The summed E-state index contributed by atoms with van der Waals surface area (Å²) < 4.78 is 6.01. The van der Waals surface area contributed by atoms with Gasteiger partial charge >= 0.3 is 0 Å². The number of nitrogens with zero attached hydrogens (tertiary/aromatic N) is 1. The van der Waals surface area contributed by atoms with Gasteiger partial charge in [0.05, 0.1) is 6.61 Å². The summed E-state index contributed by atoms with van der Waals surface area (Å²) >= 11 is 0. The van der Waals surface area contributed by atoms with Crippen LogP contribution in [0.15, 0.2) is 0 Å². The highest BCUT2D eigenvalue weighted by atomic mass is 16.5. The molecule has 0 saturated carbocycles. The molecule has 0 bridgehead atoms. The molecule has 1 unspecified atom stereocenters. The topological polar surface area (TPSA) is 12.5 Å². The summed E-state index contributed by atoms with van der Waals surface area (Å²) in [7, 11) is 0. The maximum absolute atomic E-state index is 6.01.